The van der Waals surface area contributed by atoms with E-state index in [4.69, 9.17) is 4.74 Å². The van der Waals surface area contributed by atoms with Gasteiger partial charge in [-0.25, -0.2) is 4.39 Å². The first-order chi connectivity index (χ1) is 8.08. The van der Waals surface area contributed by atoms with Gasteiger partial charge in [-0.05, 0) is 15.9 Å². The van der Waals surface area contributed by atoms with E-state index in [0.717, 1.165) is 19.2 Å². The van der Waals surface area contributed by atoms with Gasteiger partial charge in [0, 0.05) is 25.1 Å². The molecule has 1 saturated heterocycles. The Labute approximate surface area is 105 Å². The number of rotatable bonds is 4. The van der Waals surface area contributed by atoms with Crippen LogP contribution in [0.25, 0.3) is 0 Å². The molecule has 1 aliphatic heterocycles. The molecule has 0 aliphatic carbocycles. The van der Waals surface area contributed by atoms with Crippen LogP contribution in [-0.4, -0.2) is 24.6 Å². The minimum atomic E-state index is -0.724. The molecule has 92 valence electrons. The van der Waals surface area contributed by atoms with Crippen molar-refractivity contribution in [1.82, 2.24) is 5.32 Å². The first-order valence-corrected chi connectivity index (χ1v) is 5.84. The summed E-state index contributed by atoms with van der Waals surface area (Å²) in [4.78, 5) is 9.86. The van der Waals surface area contributed by atoms with Gasteiger partial charge >= 0.3 is 0 Å². The summed E-state index contributed by atoms with van der Waals surface area (Å²) in [6, 6.07) is 2.09. The van der Waals surface area contributed by atoms with Crippen LogP contribution < -0.4 is 10.1 Å². The van der Waals surface area contributed by atoms with Crippen LogP contribution >= 0.6 is 15.9 Å². The Bertz CT molecular complexity index is 428. The predicted molar refractivity (Wildman–Crippen MR) is 62.6 cm³/mol. The second-order valence-electron chi connectivity index (χ2n) is 3.83. The van der Waals surface area contributed by atoms with E-state index >= 15 is 0 Å². The van der Waals surface area contributed by atoms with E-state index < -0.39 is 10.7 Å². The molecule has 0 amide bonds. The number of halogens is 2. The number of ether oxygens (including phenoxy) is 1. The number of non-ortho nitro benzene ring substituents is 1. The topological polar surface area (TPSA) is 64.4 Å². The molecular formula is C10H10BrFN2O3. The van der Waals surface area contributed by atoms with Crippen molar-refractivity contribution in [3.63, 3.8) is 0 Å². The van der Waals surface area contributed by atoms with Gasteiger partial charge in [0.1, 0.15) is 0 Å². The smallest absolute Gasteiger partial charge is 0.273 e. The summed E-state index contributed by atoms with van der Waals surface area (Å²) in [6.45, 7) is 2.11. The van der Waals surface area contributed by atoms with Crippen molar-refractivity contribution in [2.75, 3.05) is 19.7 Å². The van der Waals surface area contributed by atoms with Crippen molar-refractivity contribution in [2.45, 2.75) is 0 Å². The molecule has 0 aromatic heterocycles. The fourth-order valence-electron chi connectivity index (χ4n) is 1.46. The molecule has 1 aliphatic rings. The zero-order valence-corrected chi connectivity index (χ0v) is 10.4. The number of nitrogens with one attached hydrogen (secondary N) is 1. The van der Waals surface area contributed by atoms with Gasteiger partial charge in [0.05, 0.1) is 22.1 Å². The summed E-state index contributed by atoms with van der Waals surface area (Å²) in [5, 5.41) is 13.6. The van der Waals surface area contributed by atoms with E-state index in [-0.39, 0.29) is 15.9 Å². The van der Waals surface area contributed by atoms with Crippen LogP contribution in [0.1, 0.15) is 0 Å². The van der Waals surface area contributed by atoms with Crippen LogP contribution in [0, 0.1) is 21.8 Å². The van der Waals surface area contributed by atoms with Crippen molar-refractivity contribution in [1.29, 1.82) is 0 Å². The average Bonchev–Trinajstić information content (AvgIpc) is 2.18. The van der Waals surface area contributed by atoms with Gasteiger partial charge in [0.15, 0.2) is 11.6 Å². The van der Waals surface area contributed by atoms with Gasteiger partial charge in [-0.15, -0.1) is 0 Å². The molecule has 1 fully saturated rings. The van der Waals surface area contributed by atoms with Crippen LogP contribution in [-0.2, 0) is 0 Å². The minimum Gasteiger partial charge on any atom is -0.489 e. The molecule has 7 heteroatoms. The van der Waals surface area contributed by atoms with Crippen LogP contribution in [0.2, 0.25) is 0 Å². The quantitative estimate of drug-likeness (QED) is 0.683. The Hall–Kier alpha value is -1.21. The first-order valence-electron chi connectivity index (χ1n) is 5.05. The van der Waals surface area contributed by atoms with Gasteiger partial charge in [0.25, 0.3) is 5.69 Å². The van der Waals surface area contributed by atoms with Gasteiger partial charge in [0.2, 0.25) is 0 Å². The van der Waals surface area contributed by atoms with Gasteiger partial charge < -0.3 is 10.1 Å². The second kappa shape index (κ2) is 4.97. The van der Waals surface area contributed by atoms with E-state index in [0.29, 0.717) is 12.5 Å². The van der Waals surface area contributed by atoms with E-state index in [1.807, 2.05) is 0 Å². The number of nitrogens with zero attached hydrogens (tertiary/aromatic N) is 1. The number of hydrogen-bond donors (Lipinski definition) is 1. The molecule has 0 spiro atoms. The third-order valence-corrected chi connectivity index (χ3v) is 3.11. The maximum atomic E-state index is 13.6. The maximum Gasteiger partial charge on any atom is 0.273 e. The summed E-state index contributed by atoms with van der Waals surface area (Å²) in [6.07, 6.45) is 0. The van der Waals surface area contributed by atoms with Crippen LogP contribution in [0.4, 0.5) is 10.1 Å². The zero-order valence-electron chi connectivity index (χ0n) is 8.78. The maximum absolute atomic E-state index is 13.6. The fraction of sp³-hybridized carbons (Fsp3) is 0.400. The molecule has 0 unspecified atom stereocenters. The van der Waals surface area contributed by atoms with Crippen molar-refractivity contribution >= 4 is 21.6 Å². The van der Waals surface area contributed by atoms with E-state index in [2.05, 4.69) is 21.2 Å². The summed E-state index contributed by atoms with van der Waals surface area (Å²) in [5.41, 5.74) is -0.299. The molecule has 1 heterocycles. The molecule has 1 aromatic rings. The molecule has 0 saturated carbocycles. The Morgan fingerprint density at radius 3 is 2.76 bits per heavy atom. The summed E-state index contributed by atoms with van der Waals surface area (Å²) >= 11 is 3.07. The minimum absolute atomic E-state index is 0.0301. The Morgan fingerprint density at radius 2 is 2.29 bits per heavy atom. The van der Waals surface area contributed by atoms with Gasteiger partial charge in [-0.1, -0.05) is 0 Å². The highest BCUT2D eigenvalue weighted by Crippen LogP contribution is 2.32. The monoisotopic (exact) mass is 304 g/mol. The lowest BCUT2D eigenvalue weighted by atomic mass is 10.1. The molecule has 0 atom stereocenters. The van der Waals surface area contributed by atoms with E-state index in [1.54, 1.807) is 0 Å². The molecular weight excluding hydrogens is 295 g/mol. The lowest BCUT2D eigenvalue weighted by Crippen LogP contribution is -2.45. The van der Waals surface area contributed by atoms with Crippen molar-refractivity contribution < 1.29 is 14.1 Å². The standard InChI is InChI=1S/C10H10BrFN2O3/c11-8-1-7(14(15)16)2-9(12)10(8)17-5-6-3-13-4-6/h1-2,6,13H,3-5H2. The number of hydrogen-bond acceptors (Lipinski definition) is 4. The van der Waals surface area contributed by atoms with E-state index in [9.17, 15) is 14.5 Å². The Kier molecular flexibility index (Phi) is 3.58. The van der Waals surface area contributed by atoms with Gasteiger partial charge in [-0.3, -0.25) is 10.1 Å². The molecule has 2 rings (SSSR count). The average molecular weight is 305 g/mol. The largest absolute Gasteiger partial charge is 0.489 e. The van der Waals surface area contributed by atoms with Crippen LogP contribution in [0.5, 0.6) is 5.75 Å². The Morgan fingerprint density at radius 1 is 1.59 bits per heavy atom. The third-order valence-electron chi connectivity index (χ3n) is 2.52. The third kappa shape index (κ3) is 2.73. The highest BCUT2D eigenvalue weighted by atomic mass is 79.9. The lowest BCUT2D eigenvalue weighted by Gasteiger charge is -2.27. The molecule has 5 nitrogen and oxygen atoms in total. The van der Waals surface area contributed by atoms with Crippen molar-refractivity contribution in [3.05, 3.63) is 32.5 Å². The normalized spacial score (nSPS) is 15.4. The van der Waals surface area contributed by atoms with Gasteiger partial charge in [-0.2, -0.15) is 0 Å². The number of benzene rings is 1. The van der Waals surface area contributed by atoms with Crippen molar-refractivity contribution in [3.8, 4) is 5.75 Å². The van der Waals surface area contributed by atoms with Crippen LogP contribution in [0.15, 0.2) is 16.6 Å². The predicted octanol–water partition coefficient (Wildman–Crippen LogP) is 2.09. The fourth-order valence-corrected chi connectivity index (χ4v) is 2.00. The SMILES string of the molecule is O=[N+]([O-])c1cc(F)c(OCC2CNC2)c(Br)c1. The van der Waals surface area contributed by atoms with Crippen molar-refractivity contribution in [2.24, 2.45) is 5.92 Å². The summed E-state index contributed by atoms with van der Waals surface area (Å²) in [7, 11) is 0. The summed E-state index contributed by atoms with van der Waals surface area (Å²) < 4.78 is 19.2. The lowest BCUT2D eigenvalue weighted by molar-refractivity contribution is -0.385. The molecule has 17 heavy (non-hydrogen) atoms. The molecule has 0 radical (unpaired) electrons. The number of nitro benzene ring substituents is 1. The Balaban J connectivity index is 2.12. The number of nitro groups is 1. The highest BCUT2D eigenvalue weighted by molar-refractivity contribution is 9.10. The second-order valence-corrected chi connectivity index (χ2v) is 4.69. The zero-order chi connectivity index (χ0) is 12.4. The van der Waals surface area contributed by atoms with E-state index in [1.165, 1.54) is 6.07 Å². The first kappa shape index (κ1) is 12.3. The molecule has 0 bridgehead atoms. The summed E-state index contributed by atoms with van der Waals surface area (Å²) in [5.74, 6) is -0.322. The van der Waals surface area contributed by atoms with Crippen LogP contribution in [0.3, 0.4) is 0 Å². The molecule has 1 aromatic carbocycles. The molecule has 1 N–H and O–H groups in total. The highest BCUT2D eigenvalue weighted by Gasteiger charge is 2.21.